The fourth-order valence-corrected chi connectivity index (χ4v) is 4.90. The molecule has 1 saturated heterocycles. The molecule has 1 aliphatic heterocycles. The minimum atomic E-state index is 0.563. The average molecular weight is 410 g/mol. The van der Waals surface area contributed by atoms with Gasteiger partial charge in [0.05, 0.1) is 5.69 Å². The molecule has 0 spiro atoms. The van der Waals surface area contributed by atoms with E-state index in [1.165, 1.54) is 43.2 Å². The topological polar surface area (TPSA) is 60.0 Å². The molecule has 1 aliphatic carbocycles. The van der Waals surface area contributed by atoms with Crippen LogP contribution in [0.1, 0.15) is 55.0 Å². The Morgan fingerprint density at radius 2 is 1.93 bits per heavy atom. The van der Waals surface area contributed by atoms with Crippen LogP contribution in [0.25, 0.3) is 11.5 Å². The van der Waals surface area contributed by atoms with Crippen molar-refractivity contribution in [2.75, 3.05) is 18.0 Å². The molecule has 0 radical (unpaired) electrons. The normalized spacial score (nSPS) is 17.1. The molecule has 6 nitrogen and oxygen atoms in total. The second kappa shape index (κ2) is 7.86. The van der Waals surface area contributed by atoms with Gasteiger partial charge in [-0.25, -0.2) is 4.98 Å². The van der Waals surface area contributed by atoms with E-state index >= 15 is 0 Å². The Bertz CT molecular complexity index is 1000. The highest BCUT2D eigenvalue weighted by Gasteiger charge is 2.32. The maximum atomic E-state index is 5.77. The Hall–Kier alpha value is -2.28. The van der Waals surface area contributed by atoms with Gasteiger partial charge in [-0.1, -0.05) is 29.5 Å². The van der Waals surface area contributed by atoms with Gasteiger partial charge < -0.3 is 9.32 Å². The van der Waals surface area contributed by atoms with Crippen LogP contribution >= 0.6 is 11.8 Å². The van der Waals surface area contributed by atoms with Gasteiger partial charge in [-0.2, -0.15) is 0 Å². The number of rotatable bonds is 6. The van der Waals surface area contributed by atoms with Crippen molar-refractivity contribution in [1.29, 1.82) is 0 Å². The molecule has 0 N–H and O–H groups in total. The van der Waals surface area contributed by atoms with E-state index in [0.717, 1.165) is 41.2 Å². The average Bonchev–Trinajstić information content (AvgIpc) is 3.30. The van der Waals surface area contributed by atoms with Gasteiger partial charge in [0, 0.05) is 30.4 Å². The van der Waals surface area contributed by atoms with Gasteiger partial charge >= 0.3 is 0 Å². The molecule has 1 aromatic carbocycles. The molecular weight excluding hydrogens is 382 g/mol. The summed E-state index contributed by atoms with van der Waals surface area (Å²) >= 11 is 1.71. The molecule has 5 rings (SSSR count). The number of piperidine rings is 1. The van der Waals surface area contributed by atoms with E-state index < -0.39 is 0 Å². The molecule has 0 bridgehead atoms. The maximum absolute atomic E-state index is 5.77. The third-order valence-electron chi connectivity index (χ3n) is 5.71. The first kappa shape index (κ1) is 18.7. The monoisotopic (exact) mass is 409 g/mol. The quantitative estimate of drug-likeness (QED) is 0.524. The lowest BCUT2D eigenvalue weighted by molar-refractivity contribution is 0.548. The number of nitrogens with zero attached hydrogens (tertiary/aromatic N) is 5. The van der Waals surface area contributed by atoms with E-state index in [9.17, 15) is 0 Å². The minimum absolute atomic E-state index is 0.563. The third-order valence-corrected chi connectivity index (χ3v) is 6.69. The van der Waals surface area contributed by atoms with Crippen LogP contribution in [0.3, 0.4) is 0 Å². The molecule has 3 heterocycles. The summed E-state index contributed by atoms with van der Waals surface area (Å²) in [5.41, 5.74) is 4.43. The van der Waals surface area contributed by atoms with E-state index in [2.05, 4.69) is 51.7 Å². The fourth-order valence-electron chi connectivity index (χ4n) is 4.02. The van der Waals surface area contributed by atoms with Crippen molar-refractivity contribution >= 4 is 17.7 Å². The number of thioether (sulfide) groups is 1. The highest BCUT2D eigenvalue weighted by atomic mass is 32.2. The zero-order chi connectivity index (χ0) is 19.8. The Balaban J connectivity index is 1.32. The predicted molar refractivity (Wildman–Crippen MR) is 115 cm³/mol. The predicted octanol–water partition coefficient (Wildman–Crippen LogP) is 5.17. The number of anilines is 1. The van der Waals surface area contributed by atoms with Crippen LogP contribution in [0.2, 0.25) is 0 Å². The number of aryl methyl sites for hydroxylation is 2. The zero-order valence-electron chi connectivity index (χ0n) is 17.1. The van der Waals surface area contributed by atoms with E-state index in [1.807, 2.05) is 0 Å². The molecule has 152 valence electrons. The number of hydrogen-bond acceptors (Lipinski definition) is 6. The largest absolute Gasteiger partial charge is 0.444 e. The van der Waals surface area contributed by atoms with Crippen molar-refractivity contribution in [3.05, 3.63) is 41.3 Å². The highest BCUT2D eigenvalue weighted by Crippen LogP contribution is 2.41. The standard InChI is InChI=1S/C22H27N5OS/c1-15-6-9-19(16(2)12-15)20-23-17(13-28-20)14-29-22-25-24-21(27(22)18-7-8-18)26-10-4-3-5-11-26/h6,9,12-13,18H,3-5,7-8,10-11,14H2,1-2H3. The molecule has 29 heavy (non-hydrogen) atoms. The van der Waals surface area contributed by atoms with Crippen molar-refractivity contribution in [3.63, 3.8) is 0 Å². The Labute approximate surface area is 175 Å². The molecule has 1 saturated carbocycles. The zero-order valence-corrected chi connectivity index (χ0v) is 17.9. The molecule has 2 aliphatic rings. The van der Waals surface area contributed by atoms with Crippen LogP contribution in [0.15, 0.2) is 34.0 Å². The van der Waals surface area contributed by atoms with Crippen LogP contribution in [0, 0.1) is 13.8 Å². The molecule has 7 heteroatoms. The van der Waals surface area contributed by atoms with Crippen molar-refractivity contribution in [1.82, 2.24) is 19.7 Å². The molecule has 2 fully saturated rings. The SMILES string of the molecule is Cc1ccc(-c2nc(CSc3nnc(N4CCCCC4)n3C3CC3)co2)c(C)c1. The van der Waals surface area contributed by atoms with Gasteiger partial charge in [-0.05, 0) is 57.6 Å². The van der Waals surface area contributed by atoms with Crippen molar-refractivity contribution < 1.29 is 4.42 Å². The van der Waals surface area contributed by atoms with Gasteiger partial charge in [-0.15, -0.1) is 10.2 Å². The first-order valence-corrected chi connectivity index (χ1v) is 11.5. The summed E-state index contributed by atoms with van der Waals surface area (Å²) in [7, 11) is 0. The lowest BCUT2D eigenvalue weighted by Gasteiger charge is -2.27. The molecule has 3 aromatic rings. The van der Waals surface area contributed by atoms with Crippen LogP contribution in [-0.4, -0.2) is 32.8 Å². The second-order valence-electron chi connectivity index (χ2n) is 8.18. The van der Waals surface area contributed by atoms with Gasteiger partial charge in [0.2, 0.25) is 11.8 Å². The third kappa shape index (κ3) is 3.92. The van der Waals surface area contributed by atoms with E-state index in [-0.39, 0.29) is 0 Å². The fraction of sp³-hybridized carbons (Fsp3) is 0.500. The minimum Gasteiger partial charge on any atom is -0.444 e. The number of benzene rings is 1. The Morgan fingerprint density at radius 3 is 2.69 bits per heavy atom. The van der Waals surface area contributed by atoms with Gasteiger partial charge in [0.15, 0.2) is 5.16 Å². The Kier molecular flexibility index (Phi) is 5.08. The summed E-state index contributed by atoms with van der Waals surface area (Å²) in [6, 6.07) is 6.91. The number of hydrogen-bond donors (Lipinski definition) is 0. The maximum Gasteiger partial charge on any atom is 0.228 e. The summed E-state index contributed by atoms with van der Waals surface area (Å²) in [4.78, 5) is 7.13. The molecule has 0 atom stereocenters. The molecule has 2 aromatic heterocycles. The van der Waals surface area contributed by atoms with Crippen LogP contribution in [0.4, 0.5) is 5.95 Å². The van der Waals surface area contributed by atoms with Crippen molar-refractivity contribution in [3.8, 4) is 11.5 Å². The van der Waals surface area contributed by atoms with E-state index in [1.54, 1.807) is 18.0 Å². The summed E-state index contributed by atoms with van der Waals surface area (Å²) in [5, 5.41) is 10.1. The lowest BCUT2D eigenvalue weighted by atomic mass is 10.1. The molecular formula is C22H27N5OS. The van der Waals surface area contributed by atoms with Gasteiger partial charge in [0.1, 0.15) is 6.26 Å². The van der Waals surface area contributed by atoms with E-state index in [4.69, 9.17) is 9.40 Å². The summed E-state index contributed by atoms with van der Waals surface area (Å²) in [6.07, 6.45) is 8.05. The van der Waals surface area contributed by atoms with Gasteiger partial charge in [0.25, 0.3) is 0 Å². The second-order valence-corrected chi connectivity index (χ2v) is 9.13. The van der Waals surface area contributed by atoms with E-state index in [0.29, 0.717) is 11.9 Å². The Morgan fingerprint density at radius 1 is 1.10 bits per heavy atom. The van der Waals surface area contributed by atoms with Gasteiger partial charge in [-0.3, -0.25) is 4.57 Å². The van der Waals surface area contributed by atoms with Crippen LogP contribution in [-0.2, 0) is 5.75 Å². The summed E-state index contributed by atoms with van der Waals surface area (Å²) in [5.74, 6) is 2.49. The number of oxazole rings is 1. The summed E-state index contributed by atoms with van der Waals surface area (Å²) in [6.45, 7) is 6.39. The first-order chi connectivity index (χ1) is 14.2. The smallest absolute Gasteiger partial charge is 0.228 e. The van der Waals surface area contributed by atoms with Crippen LogP contribution in [0.5, 0.6) is 0 Å². The van der Waals surface area contributed by atoms with Crippen molar-refractivity contribution in [2.24, 2.45) is 0 Å². The lowest BCUT2D eigenvalue weighted by Crippen LogP contribution is -2.31. The molecule has 0 amide bonds. The first-order valence-electron chi connectivity index (χ1n) is 10.5. The summed E-state index contributed by atoms with van der Waals surface area (Å²) < 4.78 is 8.14. The number of aromatic nitrogens is 4. The van der Waals surface area contributed by atoms with Crippen LogP contribution < -0.4 is 4.90 Å². The molecule has 0 unspecified atom stereocenters. The van der Waals surface area contributed by atoms with Crippen molar-refractivity contribution in [2.45, 2.75) is 62.9 Å². The highest BCUT2D eigenvalue weighted by molar-refractivity contribution is 7.98.